The lowest BCUT2D eigenvalue weighted by molar-refractivity contribution is -0.128. The minimum absolute atomic E-state index is 0.221. The number of halogens is 2. The van der Waals surface area contributed by atoms with Crippen LogP contribution in [0.4, 0.5) is 0 Å². The third-order valence-electron chi connectivity index (χ3n) is 2.82. The molecular formula is C15H21Cl2NOS. The van der Waals surface area contributed by atoms with E-state index in [0.717, 1.165) is 37.2 Å². The standard InChI is InChI=1S/C15H21Cl2NOS/c1-3-7-18(8-4-2)15(19)11-20-10-12-5-6-13(16)14(17)9-12/h5-6,9H,3-4,7-8,10-11H2,1-2H3. The lowest BCUT2D eigenvalue weighted by Crippen LogP contribution is -2.33. The summed E-state index contributed by atoms with van der Waals surface area (Å²) in [6.45, 7) is 5.89. The second-order valence-electron chi connectivity index (χ2n) is 4.62. The van der Waals surface area contributed by atoms with Crippen LogP contribution in [0.1, 0.15) is 32.3 Å². The number of benzene rings is 1. The summed E-state index contributed by atoms with van der Waals surface area (Å²) >= 11 is 13.5. The molecule has 0 atom stereocenters. The number of hydrogen-bond acceptors (Lipinski definition) is 2. The van der Waals surface area contributed by atoms with Crippen molar-refractivity contribution in [2.24, 2.45) is 0 Å². The van der Waals surface area contributed by atoms with Crippen LogP contribution in [0.25, 0.3) is 0 Å². The Morgan fingerprint density at radius 1 is 1.15 bits per heavy atom. The molecular weight excluding hydrogens is 313 g/mol. The molecule has 5 heteroatoms. The van der Waals surface area contributed by atoms with Crippen molar-refractivity contribution in [2.75, 3.05) is 18.8 Å². The molecule has 0 aliphatic carbocycles. The van der Waals surface area contributed by atoms with Crippen LogP contribution in [-0.2, 0) is 10.5 Å². The molecule has 20 heavy (non-hydrogen) atoms. The minimum atomic E-state index is 0.221. The maximum atomic E-state index is 12.1. The zero-order chi connectivity index (χ0) is 15.0. The smallest absolute Gasteiger partial charge is 0.232 e. The molecule has 1 rings (SSSR count). The van der Waals surface area contributed by atoms with Gasteiger partial charge in [0.05, 0.1) is 15.8 Å². The summed E-state index contributed by atoms with van der Waals surface area (Å²) in [6, 6.07) is 5.60. The third kappa shape index (κ3) is 5.94. The number of thioether (sulfide) groups is 1. The molecule has 0 fully saturated rings. The fraction of sp³-hybridized carbons (Fsp3) is 0.533. The second-order valence-corrected chi connectivity index (χ2v) is 6.42. The highest BCUT2D eigenvalue weighted by atomic mass is 35.5. The van der Waals surface area contributed by atoms with Crippen molar-refractivity contribution in [1.82, 2.24) is 4.90 Å². The van der Waals surface area contributed by atoms with Gasteiger partial charge in [0.25, 0.3) is 0 Å². The van der Waals surface area contributed by atoms with Gasteiger partial charge in [0, 0.05) is 18.8 Å². The van der Waals surface area contributed by atoms with Crippen LogP contribution >= 0.6 is 35.0 Å². The van der Waals surface area contributed by atoms with Crippen molar-refractivity contribution in [3.8, 4) is 0 Å². The summed E-state index contributed by atoms with van der Waals surface area (Å²) in [5, 5.41) is 1.13. The van der Waals surface area contributed by atoms with E-state index in [9.17, 15) is 4.79 Å². The highest BCUT2D eigenvalue weighted by Gasteiger charge is 2.11. The summed E-state index contributed by atoms with van der Waals surface area (Å²) in [6.07, 6.45) is 2.01. The van der Waals surface area contributed by atoms with Gasteiger partial charge in [-0.2, -0.15) is 0 Å². The molecule has 1 aromatic rings. The van der Waals surface area contributed by atoms with Crippen LogP contribution in [0.3, 0.4) is 0 Å². The Kier molecular flexibility index (Phi) is 8.43. The predicted molar refractivity (Wildman–Crippen MR) is 89.8 cm³/mol. The molecule has 0 aliphatic rings. The molecule has 1 amide bonds. The molecule has 0 saturated carbocycles. The number of hydrogen-bond donors (Lipinski definition) is 0. The molecule has 0 bridgehead atoms. The fourth-order valence-corrected chi connectivity index (χ4v) is 3.07. The van der Waals surface area contributed by atoms with Crippen LogP contribution in [0, 0.1) is 0 Å². The number of carbonyl (C=O) groups excluding carboxylic acids is 1. The zero-order valence-electron chi connectivity index (χ0n) is 12.0. The van der Waals surface area contributed by atoms with Crippen molar-refractivity contribution >= 4 is 40.9 Å². The maximum Gasteiger partial charge on any atom is 0.232 e. The predicted octanol–water partition coefficient (Wildman–Crippen LogP) is 4.88. The molecule has 1 aromatic carbocycles. The Morgan fingerprint density at radius 3 is 2.35 bits per heavy atom. The van der Waals surface area contributed by atoms with Crippen molar-refractivity contribution in [3.63, 3.8) is 0 Å². The molecule has 0 aromatic heterocycles. The van der Waals surface area contributed by atoms with Crippen LogP contribution in [0.15, 0.2) is 18.2 Å². The number of carbonyl (C=O) groups is 1. The fourth-order valence-electron chi connectivity index (χ4n) is 1.88. The summed E-state index contributed by atoms with van der Waals surface area (Å²) < 4.78 is 0. The summed E-state index contributed by atoms with van der Waals surface area (Å²) in [7, 11) is 0. The van der Waals surface area contributed by atoms with E-state index in [-0.39, 0.29) is 5.91 Å². The van der Waals surface area contributed by atoms with Crippen molar-refractivity contribution < 1.29 is 4.79 Å². The highest BCUT2D eigenvalue weighted by Crippen LogP contribution is 2.24. The topological polar surface area (TPSA) is 20.3 Å². The average Bonchev–Trinajstić information content (AvgIpc) is 2.42. The van der Waals surface area contributed by atoms with E-state index in [1.807, 2.05) is 17.0 Å². The first kappa shape index (κ1) is 17.7. The number of nitrogens with zero attached hydrogens (tertiary/aromatic N) is 1. The first-order valence-corrected chi connectivity index (χ1v) is 8.79. The Balaban J connectivity index is 2.42. The monoisotopic (exact) mass is 333 g/mol. The van der Waals surface area contributed by atoms with Crippen LogP contribution in [0.5, 0.6) is 0 Å². The van der Waals surface area contributed by atoms with Gasteiger partial charge in [0.2, 0.25) is 5.91 Å². The van der Waals surface area contributed by atoms with E-state index >= 15 is 0 Å². The Hall–Kier alpha value is -0.380. The third-order valence-corrected chi connectivity index (χ3v) is 4.55. The van der Waals surface area contributed by atoms with Crippen LogP contribution in [-0.4, -0.2) is 29.6 Å². The highest BCUT2D eigenvalue weighted by molar-refractivity contribution is 7.99. The number of rotatable bonds is 8. The molecule has 0 saturated heterocycles. The zero-order valence-corrected chi connectivity index (χ0v) is 14.3. The lowest BCUT2D eigenvalue weighted by Gasteiger charge is -2.21. The molecule has 0 N–H and O–H groups in total. The van der Waals surface area contributed by atoms with E-state index < -0.39 is 0 Å². The van der Waals surface area contributed by atoms with Crippen LogP contribution < -0.4 is 0 Å². The normalized spacial score (nSPS) is 10.6. The maximum absolute atomic E-state index is 12.1. The Morgan fingerprint density at radius 2 is 1.80 bits per heavy atom. The van der Waals surface area contributed by atoms with Gasteiger partial charge < -0.3 is 4.90 Å². The molecule has 0 spiro atoms. The quantitative estimate of drug-likeness (QED) is 0.676. The molecule has 0 heterocycles. The minimum Gasteiger partial charge on any atom is -0.342 e. The van der Waals surface area contributed by atoms with Crippen molar-refractivity contribution in [3.05, 3.63) is 33.8 Å². The van der Waals surface area contributed by atoms with E-state index in [1.165, 1.54) is 0 Å². The van der Waals surface area contributed by atoms with Gasteiger partial charge in [-0.1, -0.05) is 43.1 Å². The lowest BCUT2D eigenvalue weighted by atomic mass is 10.2. The number of amides is 1. The molecule has 2 nitrogen and oxygen atoms in total. The summed E-state index contributed by atoms with van der Waals surface area (Å²) in [4.78, 5) is 14.0. The van der Waals surface area contributed by atoms with E-state index in [1.54, 1.807) is 17.8 Å². The summed E-state index contributed by atoms with van der Waals surface area (Å²) in [5.74, 6) is 1.51. The second kappa shape index (κ2) is 9.54. The van der Waals surface area contributed by atoms with Gasteiger partial charge in [0.1, 0.15) is 0 Å². The van der Waals surface area contributed by atoms with Gasteiger partial charge >= 0.3 is 0 Å². The van der Waals surface area contributed by atoms with E-state index in [0.29, 0.717) is 15.8 Å². The van der Waals surface area contributed by atoms with E-state index in [2.05, 4.69) is 13.8 Å². The summed E-state index contributed by atoms with van der Waals surface area (Å²) in [5.41, 5.74) is 1.09. The molecule has 0 unspecified atom stereocenters. The van der Waals surface area contributed by atoms with Gasteiger partial charge in [-0.05, 0) is 30.5 Å². The first-order valence-electron chi connectivity index (χ1n) is 6.87. The van der Waals surface area contributed by atoms with Gasteiger partial charge in [0.15, 0.2) is 0 Å². The van der Waals surface area contributed by atoms with Crippen molar-refractivity contribution in [2.45, 2.75) is 32.4 Å². The van der Waals surface area contributed by atoms with Crippen molar-refractivity contribution in [1.29, 1.82) is 0 Å². The van der Waals surface area contributed by atoms with E-state index in [4.69, 9.17) is 23.2 Å². The average molecular weight is 334 g/mol. The van der Waals surface area contributed by atoms with Crippen LogP contribution in [0.2, 0.25) is 10.0 Å². The molecule has 0 aliphatic heterocycles. The van der Waals surface area contributed by atoms with Gasteiger partial charge in [-0.3, -0.25) is 4.79 Å². The largest absolute Gasteiger partial charge is 0.342 e. The van der Waals surface area contributed by atoms with Gasteiger partial charge in [-0.25, -0.2) is 0 Å². The molecule has 112 valence electrons. The van der Waals surface area contributed by atoms with Gasteiger partial charge in [-0.15, -0.1) is 11.8 Å². The Bertz CT molecular complexity index is 434. The SMILES string of the molecule is CCCN(CCC)C(=O)CSCc1ccc(Cl)c(Cl)c1. The first-order chi connectivity index (χ1) is 9.58. The molecule has 0 radical (unpaired) electrons. The Labute approximate surface area is 135 Å².